The molecule has 3 nitrogen and oxygen atoms in total. The number of hydrogen-bond donors (Lipinski definition) is 0. The molecule has 1 aromatic heterocycles. The number of aromatic nitrogens is 2. The van der Waals surface area contributed by atoms with Gasteiger partial charge in [-0.05, 0) is 29.8 Å². The highest BCUT2D eigenvalue weighted by molar-refractivity contribution is 9.10. The van der Waals surface area contributed by atoms with E-state index in [1.165, 1.54) is 0 Å². The molecule has 0 saturated carbocycles. The van der Waals surface area contributed by atoms with Crippen LogP contribution in [0.5, 0.6) is 0 Å². The average molecular weight is 315 g/mol. The van der Waals surface area contributed by atoms with Gasteiger partial charge in [-0.15, -0.1) is 10.2 Å². The van der Waals surface area contributed by atoms with E-state index in [4.69, 9.17) is 4.42 Å². The summed E-state index contributed by atoms with van der Waals surface area (Å²) in [7, 11) is 0. The van der Waals surface area contributed by atoms with Crippen molar-refractivity contribution in [1.29, 1.82) is 0 Å². The Morgan fingerprint density at radius 3 is 2.37 bits per heavy atom. The second-order valence-electron chi connectivity index (χ2n) is 4.17. The topological polar surface area (TPSA) is 38.9 Å². The number of benzene rings is 2. The minimum atomic E-state index is 0.563. The van der Waals surface area contributed by atoms with Gasteiger partial charge in [-0.3, -0.25) is 0 Å². The van der Waals surface area contributed by atoms with Gasteiger partial charge in [0.05, 0.1) is 6.42 Å². The van der Waals surface area contributed by atoms with Crippen LogP contribution < -0.4 is 0 Å². The van der Waals surface area contributed by atoms with Gasteiger partial charge in [0.25, 0.3) is 0 Å². The summed E-state index contributed by atoms with van der Waals surface area (Å²) in [6.45, 7) is 0. The smallest absolute Gasteiger partial charge is 0.247 e. The number of nitrogens with zero attached hydrogens (tertiary/aromatic N) is 2. The van der Waals surface area contributed by atoms with Crippen LogP contribution in [0.15, 0.2) is 63.5 Å². The molecule has 0 fully saturated rings. The molecular formula is C15H11BrN2O. The first kappa shape index (κ1) is 12.1. The molecule has 1 heterocycles. The normalized spacial score (nSPS) is 10.6. The predicted molar refractivity (Wildman–Crippen MR) is 76.7 cm³/mol. The van der Waals surface area contributed by atoms with Crippen molar-refractivity contribution in [1.82, 2.24) is 10.2 Å². The van der Waals surface area contributed by atoms with Crippen molar-refractivity contribution in [2.75, 3.05) is 0 Å². The zero-order valence-corrected chi connectivity index (χ0v) is 11.7. The summed E-state index contributed by atoms with van der Waals surface area (Å²) in [6, 6.07) is 17.9. The Bertz CT molecular complexity index is 662. The van der Waals surface area contributed by atoms with E-state index < -0.39 is 0 Å². The van der Waals surface area contributed by atoms with E-state index in [0.29, 0.717) is 18.2 Å². The fraction of sp³-hybridized carbons (Fsp3) is 0.0667. The van der Waals surface area contributed by atoms with Crippen LogP contribution in [0, 0.1) is 0 Å². The van der Waals surface area contributed by atoms with Crippen molar-refractivity contribution in [3.05, 3.63) is 70.5 Å². The summed E-state index contributed by atoms with van der Waals surface area (Å²) in [5, 5.41) is 8.16. The Balaban J connectivity index is 1.80. The first-order valence-electron chi connectivity index (χ1n) is 5.93. The van der Waals surface area contributed by atoms with Crippen LogP contribution in [-0.2, 0) is 6.42 Å². The maximum absolute atomic E-state index is 5.67. The van der Waals surface area contributed by atoms with E-state index in [2.05, 4.69) is 26.1 Å². The van der Waals surface area contributed by atoms with Crippen molar-refractivity contribution in [2.24, 2.45) is 0 Å². The number of halogens is 1. The molecule has 0 radical (unpaired) electrons. The summed E-state index contributed by atoms with van der Waals surface area (Å²) in [5.74, 6) is 1.19. The standard InChI is InChI=1S/C15H11BrN2O/c16-13-8-6-11(7-9-13)10-14-17-18-15(19-14)12-4-2-1-3-5-12/h1-9H,10H2. The molecule has 94 valence electrons. The fourth-order valence-electron chi connectivity index (χ4n) is 1.80. The molecule has 2 aromatic carbocycles. The first-order valence-corrected chi connectivity index (χ1v) is 6.73. The van der Waals surface area contributed by atoms with Crippen LogP contribution in [0.3, 0.4) is 0 Å². The summed E-state index contributed by atoms with van der Waals surface area (Å²) >= 11 is 3.41. The molecule has 3 aromatic rings. The third kappa shape index (κ3) is 2.90. The minimum Gasteiger partial charge on any atom is -0.420 e. The fourth-order valence-corrected chi connectivity index (χ4v) is 2.06. The van der Waals surface area contributed by atoms with Crippen molar-refractivity contribution in [2.45, 2.75) is 6.42 Å². The second-order valence-corrected chi connectivity index (χ2v) is 5.09. The Labute approximate surface area is 119 Å². The molecule has 0 N–H and O–H groups in total. The molecule has 0 atom stereocenters. The Morgan fingerprint density at radius 2 is 1.63 bits per heavy atom. The molecule has 0 aliphatic rings. The lowest BCUT2D eigenvalue weighted by molar-refractivity contribution is 0.518. The SMILES string of the molecule is Brc1ccc(Cc2nnc(-c3ccccc3)o2)cc1. The van der Waals surface area contributed by atoms with Gasteiger partial charge >= 0.3 is 0 Å². The highest BCUT2D eigenvalue weighted by Crippen LogP contribution is 2.19. The highest BCUT2D eigenvalue weighted by atomic mass is 79.9. The van der Waals surface area contributed by atoms with Crippen molar-refractivity contribution in [3.8, 4) is 11.5 Å². The summed E-state index contributed by atoms with van der Waals surface area (Å²) in [6.07, 6.45) is 0.646. The lowest BCUT2D eigenvalue weighted by Gasteiger charge is -1.97. The monoisotopic (exact) mass is 314 g/mol. The molecule has 0 unspecified atom stereocenters. The van der Waals surface area contributed by atoms with Crippen molar-refractivity contribution < 1.29 is 4.42 Å². The van der Waals surface area contributed by atoms with Gasteiger partial charge in [0, 0.05) is 10.0 Å². The highest BCUT2D eigenvalue weighted by Gasteiger charge is 2.08. The number of hydrogen-bond acceptors (Lipinski definition) is 3. The van der Waals surface area contributed by atoms with Crippen LogP contribution in [-0.4, -0.2) is 10.2 Å². The van der Waals surface area contributed by atoms with Gasteiger partial charge in [-0.25, -0.2) is 0 Å². The predicted octanol–water partition coefficient (Wildman–Crippen LogP) is 4.09. The maximum Gasteiger partial charge on any atom is 0.247 e. The average Bonchev–Trinajstić information content (AvgIpc) is 2.91. The molecule has 0 bridgehead atoms. The van der Waals surface area contributed by atoms with Crippen molar-refractivity contribution >= 4 is 15.9 Å². The maximum atomic E-state index is 5.67. The first-order chi connectivity index (χ1) is 9.31. The second kappa shape index (κ2) is 5.36. The van der Waals surface area contributed by atoms with Gasteiger partial charge in [-0.1, -0.05) is 46.3 Å². The Kier molecular flexibility index (Phi) is 3.42. The molecule has 0 spiro atoms. The lowest BCUT2D eigenvalue weighted by Crippen LogP contribution is -1.87. The van der Waals surface area contributed by atoms with Crippen LogP contribution in [0.1, 0.15) is 11.5 Å². The number of rotatable bonds is 3. The van der Waals surface area contributed by atoms with E-state index in [9.17, 15) is 0 Å². The third-order valence-corrected chi connectivity index (χ3v) is 3.28. The van der Waals surface area contributed by atoms with Crippen molar-refractivity contribution in [3.63, 3.8) is 0 Å². The molecule has 0 aliphatic carbocycles. The van der Waals surface area contributed by atoms with Gasteiger partial charge in [0.15, 0.2) is 0 Å². The summed E-state index contributed by atoms with van der Waals surface area (Å²) in [4.78, 5) is 0. The Morgan fingerprint density at radius 1 is 0.895 bits per heavy atom. The van der Waals surface area contributed by atoms with E-state index in [1.807, 2.05) is 54.6 Å². The zero-order chi connectivity index (χ0) is 13.1. The van der Waals surface area contributed by atoms with E-state index in [0.717, 1.165) is 15.6 Å². The van der Waals surface area contributed by atoms with Gasteiger partial charge < -0.3 is 4.42 Å². The van der Waals surface area contributed by atoms with E-state index in [-0.39, 0.29) is 0 Å². The van der Waals surface area contributed by atoms with Crippen LogP contribution in [0.25, 0.3) is 11.5 Å². The molecular weight excluding hydrogens is 304 g/mol. The minimum absolute atomic E-state index is 0.563. The molecule has 19 heavy (non-hydrogen) atoms. The van der Waals surface area contributed by atoms with E-state index in [1.54, 1.807) is 0 Å². The molecule has 0 amide bonds. The molecule has 4 heteroatoms. The zero-order valence-electron chi connectivity index (χ0n) is 10.1. The molecule has 0 aliphatic heterocycles. The third-order valence-electron chi connectivity index (χ3n) is 2.76. The van der Waals surface area contributed by atoms with Gasteiger partial charge in [0.2, 0.25) is 11.8 Å². The summed E-state index contributed by atoms with van der Waals surface area (Å²) < 4.78 is 6.73. The summed E-state index contributed by atoms with van der Waals surface area (Å²) in [5.41, 5.74) is 2.09. The Hall–Kier alpha value is -1.94. The molecule has 3 rings (SSSR count). The van der Waals surface area contributed by atoms with Crippen LogP contribution in [0.2, 0.25) is 0 Å². The van der Waals surface area contributed by atoms with Gasteiger partial charge in [0.1, 0.15) is 0 Å². The van der Waals surface area contributed by atoms with Crippen LogP contribution in [0.4, 0.5) is 0 Å². The lowest BCUT2D eigenvalue weighted by atomic mass is 10.1. The molecule has 0 saturated heterocycles. The van der Waals surface area contributed by atoms with Crippen LogP contribution >= 0.6 is 15.9 Å². The van der Waals surface area contributed by atoms with Gasteiger partial charge in [-0.2, -0.15) is 0 Å². The van der Waals surface area contributed by atoms with E-state index >= 15 is 0 Å². The quantitative estimate of drug-likeness (QED) is 0.731. The largest absolute Gasteiger partial charge is 0.420 e.